The number of rotatable bonds is 2. The number of aliphatic hydroxyl groups excluding tert-OH is 1. The van der Waals surface area contributed by atoms with Crippen molar-refractivity contribution in [3.8, 4) is 0 Å². The van der Waals surface area contributed by atoms with Gasteiger partial charge in [0.15, 0.2) is 0 Å². The molecular weight excluding hydrogens is 246 g/mol. The highest BCUT2D eigenvalue weighted by molar-refractivity contribution is 9.10. The van der Waals surface area contributed by atoms with Crippen molar-refractivity contribution in [3.63, 3.8) is 0 Å². The fourth-order valence-corrected chi connectivity index (χ4v) is 1.17. The van der Waals surface area contributed by atoms with Crippen LogP contribution < -0.4 is 5.73 Å². The van der Waals surface area contributed by atoms with E-state index in [4.69, 9.17) is 10.8 Å². The molecule has 3 nitrogen and oxygen atoms in total. The molecule has 0 bridgehead atoms. The van der Waals surface area contributed by atoms with E-state index in [1.807, 2.05) is 0 Å². The van der Waals surface area contributed by atoms with Crippen LogP contribution in [0.2, 0.25) is 0 Å². The van der Waals surface area contributed by atoms with E-state index in [9.17, 15) is 8.78 Å². The first-order chi connectivity index (χ1) is 6.06. The summed E-state index contributed by atoms with van der Waals surface area (Å²) in [6, 6.07) is 1.08. The van der Waals surface area contributed by atoms with E-state index in [-0.39, 0.29) is 11.4 Å². The summed E-state index contributed by atoms with van der Waals surface area (Å²) in [6.45, 7) is -0.425. The Morgan fingerprint density at radius 3 is 2.69 bits per heavy atom. The molecule has 3 N–H and O–H groups in total. The summed E-state index contributed by atoms with van der Waals surface area (Å²) in [5.74, 6) is 0. The van der Waals surface area contributed by atoms with Crippen LogP contribution in [-0.2, 0) is 6.61 Å². The van der Waals surface area contributed by atoms with Crippen molar-refractivity contribution in [1.82, 2.24) is 4.98 Å². The lowest BCUT2D eigenvalue weighted by atomic mass is 10.2. The molecule has 0 spiro atoms. The zero-order chi connectivity index (χ0) is 10.0. The molecule has 0 radical (unpaired) electrons. The second-order valence-corrected chi connectivity index (χ2v) is 3.15. The number of halogens is 3. The van der Waals surface area contributed by atoms with E-state index in [2.05, 4.69) is 20.9 Å². The quantitative estimate of drug-likeness (QED) is 0.845. The predicted octanol–water partition coefficient (Wildman–Crippen LogP) is 1.86. The van der Waals surface area contributed by atoms with Crippen molar-refractivity contribution in [3.05, 3.63) is 21.9 Å². The maximum atomic E-state index is 12.2. The topological polar surface area (TPSA) is 59.1 Å². The number of hydrogen-bond donors (Lipinski definition) is 2. The van der Waals surface area contributed by atoms with Crippen LogP contribution in [0.3, 0.4) is 0 Å². The van der Waals surface area contributed by atoms with E-state index in [0.29, 0.717) is 4.47 Å². The SMILES string of the molecule is Nc1cc(C(F)F)nc(CO)c1Br. The average molecular weight is 253 g/mol. The molecule has 72 valence electrons. The molecule has 0 atom stereocenters. The molecule has 0 amide bonds. The molecule has 0 aliphatic carbocycles. The van der Waals surface area contributed by atoms with Gasteiger partial charge in [0.2, 0.25) is 0 Å². The molecular formula is C7H7BrF2N2O. The Morgan fingerprint density at radius 1 is 1.62 bits per heavy atom. The Hall–Kier alpha value is -0.750. The van der Waals surface area contributed by atoms with Gasteiger partial charge < -0.3 is 10.8 Å². The predicted molar refractivity (Wildman–Crippen MR) is 47.2 cm³/mol. The van der Waals surface area contributed by atoms with Crippen LogP contribution in [0.15, 0.2) is 10.5 Å². The third-order valence-corrected chi connectivity index (χ3v) is 2.36. The number of aliphatic hydroxyl groups is 1. The second kappa shape index (κ2) is 3.97. The van der Waals surface area contributed by atoms with Gasteiger partial charge >= 0.3 is 0 Å². The van der Waals surface area contributed by atoms with Gasteiger partial charge in [0.25, 0.3) is 6.43 Å². The zero-order valence-electron chi connectivity index (χ0n) is 6.47. The molecule has 0 aliphatic rings. The van der Waals surface area contributed by atoms with Gasteiger partial charge in [-0.2, -0.15) is 0 Å². The summed E-state index contributed by atoms with van der Waals surface area (Å²) in [4.78, 5) is 3.52. The van der Waals surface area contributed by atoms with Gasteiger partial charge in [-0.1, -0.05) is 0 Å². The molecule has 13 heavy (non-hydrogen) atoms. The Bertz CT molecular complexity index is 320. The van der Waals surface area contributed by atoms with Crippen molar-refractivity contribution >= 4 is 21.6 Å². The van der Waals surface area contributed by atoms with E-state index in [0.717, 1.165) is 6.07 Å². The fraction of sp³-hybridized carbons (Fsp3) is 0.286. The first kappa shape index (κ1) is 10.3. The van der Waals surface area contributed by atoms with Gasteiger partial charge in [-0.05, 0) is 22.0 Å². The van der Waals surface area contributed by atoms with Gasteiger partial charge in [-0.15, -0.1) is 0 Å². The van der Waals surface area contributed by atoms with Crippen molar-refractivity contribution in [2.75, 3.05) is 5.73 Å². The monoisotopic (exact) mass is 252 g/mol. The smallest absolute Gasteiger partial charge is 0.280 e. The molecule has 1 rings (SSSR count). The Balaban J connectivity index is 3.22. The highest BCUT2D eigenvalue weighted by atomic mass is 79.9. The van der Waals surface area contributed by atoms with Crippen LogP contribution in [0, 0.1) is 0 Å². The standard InChI is InChI=1S/C7H7BrF2N2O/c8-6-3(11)1-4(7(9)10)12-5(6)2-13/h1,7,13H,2H2,(H2,11,12). The summed E-state index contributed by atoms with van der Waals surface area (Å²) in [6.07, 6.45) is -2.68. The summed E-state index contributed by atoms with van der Waals surface area (Å²) in [5, 5.41) is 8.76. The number of nitrogens with zero attached hydrogens (tertiary/aromatic N) is 1. The van der Waals surface area contributed by atoms with Crippen LogP contribution in [0.5, 0.6) is 0 Å². The fourth-order valence-electron chi connectivity index (χ4n) is 0.843. The lowest BCUT2D eigenvalue weighted by Gasteiger charge is -2.06. The van der Waals surface area contributed by atoms with Crippen LogP contribution >= 0.6 is 15.9 Å². The lowest BCUT2D eigenvalue weighted by Crippen LogP contribution is -2.01. The zero-order valence-corrected chi connectivity index (χ0v) is 8.05. The number of anilines is 1. The maximum absolute atomic E-state index is 12.2. The molecule has 6 heteroatoms. The molecule has 0 fully saturated rings. The molecule has 1 aromatic rings. The normalized spacial score (nSPS) is 10.8. The first-order valence-corrected chi connectivity index (χ1v) is 4.19. The van der Waals surface area contributed by atoms with Crippen molar-refractivity contribution in [1.29, 1.82) is 0 Å². The second-order valence-electron chi connectivity index (χ2n) is 2.36. The third kappa shape index (κ3) is 2.13. The summed E-state index contributed by atoms with van der Waals surface area (Å²) in [7, 11) is 0. The molecule has 1 heterocycles. The highest BCUT2D eigenvalue weighted by Gasteiger charge is 2.13. The lowest BCUT2D eigenvalue weighted by molar-refractivity contribution is 0.145. The van der Waals surface area contributed by atoms with Gasteiger partial charge in [0, 0.05) is 5.69 Å². The van der Waals surface area contributed by atoms with Crippen LogP contribution in [0.1, 0.15) is 17.8 Å². The largest absolute Gasteiger partial charge is 0.398 e. The molecule has 0 aliphatic heterocycles. The molecule has 0 saturated carbocycles. The highest BCUT2D eigenvalue weighted by Crippen LogP contribution is 2.27. The Labute approximate surface area is 81.7 Å². The van der Waals surface area contributed by atoms with Crippen LogP contribution in [0.4, 0.5) is 14.5 Å². The van der Waals surface area contributed by atoms with Crippen molar-refractivity contribution < 1.29 is 13.9 Å². The summed E-state index contributed by atoms with van der Waals surface area (Å²) >= 11 is 3.03. The number of hydrogen-bond acceptors (Lipinski definition) is 3. The number of pyridine rings is 1. The minimum absolute atomic E-state index is 0.121. The number of nitrogen functional groups attached to an aromatic ring is 1. The van der Waals surface area contributed by atoms with Crippen LogP contribution in [0.25, 0.3) is 0 Å². The van der Waals surface area contributed by atoms with Gasteiger partial charge in [0.05, 0.1) is 16.8 Å². The molecule has 0 unspecified atom stereocenters. The summed E-state index contributed by atoms with van der Waals surface area (Å²) < 4.78 is 24.7. The maximum Gasteiger partial charge on any atom is 0.280 e. The third-order valence-electron chi connectivity index (χ3n) is 1.45. The van der Waals surface area contributed by atoms with E-state index in [1.54, 1.807) is 0 Å². The van der Waals surface area contributed by atoms with Crippen molar-refractivity contribution in [2.24, 2.45) is 0 Å². The average Bonchev–Trinajstić information content (AvgIpc) is 2.09. The van der Waals surface area contributed by atoms with E-state index < -0.39 is 18.7 Å². The first-order valence-electron chi connectivity index (χ1n) is 3.40. The van der Waals surface area contributed by atoms with Gasteiger partial charge in [0.1, 0.15) is 5.69 Å². The van der Waals surface area contributed by atoms with E-state index >= 15 is 0 Å². The Kier molecular flexibility index (Phi) is 3.16. The number of nitrogens with two attached hydrogens (primary N) is 1. The molecule has 0 aromatic carbocycles. The van der Waals surface area contributed by atoms with E-state index in [1.165, 1.54) is 0 Å². The molecule has 0 saturated heterocycles. The minimum atomic E-state index is -2.68. The number of alkyl halides is 2. The van der Waals surface area contributed by atoms with Gasteiger partial charge in [-0.3, -0.25) is 0 Å². The van der Waals surface area contributed by atoms with Crippen LogP contribution in [-0.4, -0.2) is 10.1 Å². The number of aromatic nitrogens is 1. The van der Waals surface area contributed by atoms with Gasteiger partial charge in [-0.25, -0.2) is 13.8 Å². The Morgan fingerprint density at radius 2 is 2.23 bits per heavy atom. The minimum Gasteiger partial charge on any atom is -0.398 e. The van der Waals surface area contributed by atoms with Crippen molar-refractivity contribution in [2.45, 2.75) is 13.0 Å². The molecule has 1 aromatic heterocycles. The summed E-state index contributed by atoms with van der Waals surface area (Å²) in [5.41, 5.74) is 5.25.